The maximum atomic E-state index is 15.2. The molecule has 5 unspecified atom stereocenters. The lowest BCUT2D eigenvalue weighted by Crippen LogP contribution is -3.00. The zero-order chi connectivity index (χ0) is 57.7. The van der Waals surface area contributed by atoms with Gasteiger partial charge in [-0.25, -0.2) is 9.36 Å². The number of hydrogen-bond donors (Lipinski definition) is 5. The Hall–Kier alpha value is -4.65. The van der Waals surface area contributed by atoms with E-state index in [2.05, 4.69) is 43.4 Å². The highest BCUT2D eigenvalue weighted by atomic mass is 35.5. The van der Waals surface area contributed by atoms with E-state index in [0.717, 1.165) is 102 Å². The first-order valence-corrected chi connectivity index (χ1v) is 31.8. The second kappa shape index (κ2) is 27.4. The number of pyridine rings is 1. The standard InChI is InChI=1S/C64H84N3O14P.ClH/c1-62-29-28-49(68)36-48(62)25-26-50-51-37-57-64(63(51,2)38-53(69)58(50)62,80-61(79-57)44-20-9-6-10-21-44)56(71)42-78-60(73)52-23-16-32-67(52)59(72)46-22-15-31-66(40-46)41-47-35-45(24-27-55(47)81-82(74,75)76)54(70)39-65-30-12-3-4-13-33-77-34-14-11-19-43-17-7-5-8-18-43;/h5,7-8,15,17-18,22,24,27-29,31,35-36,40,44,50-54,57-58,61,65,69-70H,3-4,6,9-14,16,19-21,23,25-26,30,32-34,37-39,41-42H2,1-2H3,(H-,74,75,76);1H/t50?,51?,52?,53-,54?,57-,58?,61+,62-,63-,64+;/m0./s1. The number of hydrogen-bond acceptors (Lipinski definition) is 13. The van der Waals surface area contributed by atoms with Gasteiger partial charge in [-0.15, -0.1) is 0 Å². The Labute approximate surface area is 494 Å². The van der Waals surface area contributed by atoms with Crippen LogP contribution in [0.5, 0.6) is 5.75 Å². The highest BCUT2D eigenvalue weighted by Crippen LogP contribution is 2.70. The summed E-state index contributed by atoms with van der Waals surface area (Å²) in [4.78, 5) is 77.4. The number of aryl methyl sites for hydroxylation is 1. The van der Waals surface area contributed by atoms with Crippen LogP contribution in [0.1, 0.15) is 156 Å². The van der Waals surface area contributed by atoms with Crippen LogP contribution in [-0.2, 0) is 50.9 Å². The smallest absolute Gasteiger partial charge is 0.524 e. The summed E-state index contributed by atoms with van der Waals surface area (Å²) in [6.07, 6.45) is 21.1. The maximum Gasteiger partial charge on any atom is 0.524 e. The average Bonchev–Trinajstić information content (AvgIpc) is 1.70. The Morgan fingerprint density at radius 2 is 1.70 bits per heavy atom. The van der Waals surface area contributed by atoms with Crippen molar-refractivity contribution in [3.05, 3.63) is 119 Å². The minimum Gasteiger partial charge on any atom is -1.00 e. The molecule has 1 aromatic heterocycles. The Bertz CT molecular complexity index is 2880. The summed E-state index contributed by atoms with van der Waals surface area (Å²) < 4.78 is 44.6. The number of ketones is 2. The molecule has 83 heavy (non-hydrogen) atoms. The highest BCUT2D eigenvalue weighted by molar-refractivity contribution is 7.46. The number of benzene rings is 2. The van der Waals surface area contributed by atoms with Crippen molar-refractivity contribution >= 4 is 31.3 Å². The average molecular weight is 1190 g/mol. The van der Waals surface area contributed by atoms with E-state index in [9.17, 15) is 38.9 Å². The molecule has 1 amide bonds. The molecule has 452 valence electrons. The first kappa shape index (κ1) is 62.9. The third-order valence-corrected chi connectivity index (χ3v) is 20.0. The maximum absolute atomic E-state index is 15.2. The van der Waals surface area contributed by atoms with Crippen LogP contribution in [0.3, 0.4) is 0 Å². The Morgan fingerprint density at radius 1 is 0.928 bits per heavy atom. The molecule has 17 nitrogen and oxygen atoms in total. The molecule has 2 aromatic carbocycles. The van der Waals surface area contributed by atoms with E-state index in [1.165, 1.54) is 16.5 Å². The van der Waals surface area contributed by atoms with Crippen LogP contribution >= 0.6 is 7.82 Å². The number of phosphoric ester groups is 1. The molecule has 5 aliphatic carbocycles. The zero-order valence-corrected chi connectivity index (χ0v) is 49.8. The zero-order valence-electron chi connectivity index (χ0n) is 48.1. The van der Waals surface area contributed by atoms with E-state index in [1.54, 1.807) is 53.4 Å². The van der Waals surface area contributed by atoms with Gasteiger partial charge in [0.25, 0.3) is 5.91 Å². The summed E-state index contributed by atoms with van der Waals surface area (Å²) in [7, 11) is -4.98. The minimum absolute atomic E-state index is 0. The summed E-state index contributed by atoms with van der Waals surface area (Å²) in [6, 6.07) is 17.4. The minimum atomic E-state index is -4.98. The molecule has 0 radical (unpaired) electrons. The van der Waals surface area contributed by atoms with Crippen molar-refractivity contribution in [2.75, 3.05) is 39.5 Å². The number of ether oxygens (including phenoxy) is 4. The molecule has 10 rings (SSSR count). The van der Waals surface area contributed by atoms with Gasteiger partial charge in [-0.1, -0.05) is 94.0 Å². The molecule has 3 aromatic rings. The number of aliphatic hydroxyl groups is 2. The number of aromatic nitrogens is 1. The number of aliphatic hydroxyl groups excluding tert-OH is 2. The molecule has 11 atom stereocenters. The van der Waals surface area contributed by atoms with Crippen molar-refractivity contribution < 1.29 is 84.2 Å². The number of Topliss-reactive ketones (excluding diaryl/α,β-unsaturated/α-hetero) is 1. The molecule has 3 heterocycles. The topological polar surface area (TPSA) is 232 Å². The number of likely N-dealkylation sites (tertiary alicyclic amines) is 1. The largest absolute Gasteiger partial charge is 1.00 e. The van der Waals surface area contributed by atoms with Crippen LogP contribution < -0.4 is 26.8 Å². The van der Waals surface area contributed by atoms with Crippen LogP contribution in [0.25, 0.3) is 0 Å². The number of amides is 1. The van der Waals surface area contributed by atoms with Crippen molar-refractivity contribution in [1.82, 2.24) is 10.2 Å². The number of halogens is 1. The molecule has 7 aliphatic rings. The first-order valence-electron chi connectivity index (χ1n) is 30.3. The molecule has 19 heteroatoms. The van der Waals surface area contributed by atoms with E-state index in [1.807, 2.05) is 12.1 Å². The van der Waals surface area contributed by atoms with Gasteiger partial charge in [-0.05, 0) is 143 Å². The van der Waals surface area contributed by atoms with Gasteiger partial charge in [0.15, 0.2) is 43.2 Å². The van der Waals surface area contributed by atoms with Crippen LogP contribution in [0, 0.1) is 34.5 Å². The summed E-state index contributed by atoms with van der Waals surface area (Å²) in [6.45, 7) is 6.35. The molecule has 5 N–H and O–H groups in total. The normalized spacial score (nSPS) is 29.7. The number of carbonyl (C=O) groups is 4. The van der Waals surface area contributed by atoms with E-state index >= 15 is 4.79 Å². The summed E-state index contributed by atoms with van der Waals surface area (Å²) in [5.74, 6) is -1.73. The number of rotatable bonds is 25. The number of unbranched alkanes of at least 4 members (excludes halogenated alkanes) is 4. The lowest BCUT2D eigenvalue weighted by atomic mass is 9.46. The fourth-order valence-corrected chi connectivity index (χ4v) is 15.9. The van der Waals surface area contributed by atoms with Crippen molar-refractivity contribution in [2.45, 2.75) is 172 Å². The fourth-order valence-electron chi connectivity index (χ4n) is 15.5. The van der Waals surface area contributed by atoms with Crippen LogP contribution in [0.2, 0.25) is 0 Å². The molecule has 2 saturated heterocycles. The molecular formula is C64H85ClN3O14P. The Morgan fingerprint density at radius 3 is 2.48 bits per heavy atom. The summed E-state index contributed by atoms with van der Waals surface area (Å²) >= 11 is 0. The number of nitrogens with zero attached hydrogens (tertiary/aromatic N) is 2. The van der Waals surface area contributed by atoms with Crippen LogP contribution in [0.4, 0.5) is 0 Å². The van der Waals surface area contributed by atoms with Crippen LogP contribution in [-0.4, -0.2) is 118 Å². The van der Waals surface area contributed by atoms with Gasteiger partial charge in [-0.3, -0.25) is 24.2 Å². The quantitative estimate of drug-likeness (QED) is 0.0310. The van der Waals surface area contributed by atoms with Crippen molar-refractivity contribution in [3.8, 4) is 5.75 Å². The van der Waals surface area contributed by atoms with Gasteiger partial charge < -0.3 is 56.3 Å². The van der Waals surface area contributed by atoms with Gasteiger partial charge >= 0.3 is 13.8 Å². The SMILES string of the molecule is C[C@]12C=CC(=O)C=C1CCC1C2[C@@H](O)C[C@@]2(C)C1C[C@@H]1O[C@@H](C3CCCCC3)O[C@]12C(=O)COC(=O)C1CCCN1C(=O)c1ccc[n+](Cc2cc(C(O)CNCCCCCCOCCCCc3ccccc3)ccc2OP(=O)(O)O)c1.[Cl-]. The van der Waals surface area contributed by atoms with Gasteiger partial charge in [0, 0.05) is 55.0 Å². The van der Waals surface area contributed by atoms with Crippen molar-refractivity contribution in [1.29, 1.82) is 0 Å². The van der Waals surface area contributed by atoms with Gasteiger partial charge in [-0.2, -0.15) is 4.57 Å². The van der Waals surface area contributed by atoms with E-state index in [-0.39, 0.29) is 79.2 Å². The second-order valence-electron chi connectivity index (χ2n) is 24.8. The summed E-state index contributed by atoms with van der Waals surface area (Å²) in [5.41, 5.74) is 0.678. The fraction of sp³-hybridized carbons (Fsp3) is 0.609. The van der Waals surface area contributed by atoms with Crippen molar-refractivity contribution in [2.24, 2.45) is 34.5 Å². The lowest BCUT2D eigenvalue weighted by Gasteiger charge is -2.59. The second-order valence-corrected chi connectivity index (χ2v) is 25.9. The van der Waals surface area contributed by atoms with E-state index in [4.69, 9.17) is 23.5 Å². The molecule has 0 bridgehead atoms. The van der Waals surface area contributed by atoms with E-state index < -0.39 is 79.2 Å². The predicted molar refractivity (Wildman–Crippen MR) is 304 cm³/mol. The number of phosphoric acid groups is 1. The van der Waals surface area contributed by atoms with Gasteiger partial charge in [0.2, 0.25) is 5.78 Å². The molecule has 0 spiro atoms. The first-order chi connectivity index (χ1) is 39.5. The number of carbonyl (C=O) groups excluding carboxylic acids is 4. The van der Waals surface area contributed by atoms with Crippen molar-refractivity contribution in [3.63, 3.8) is 0 Å². The molecule has 4 saturated carbocycles. The van der Waals surface area contributed by atoms with Gasteiger partial charge in [0.1, 0.15) is 17.4 Å². The molecule has 6 fully saturated rings. The van der Waals surface area contributed by atoms with Gasteiger partial charge in [0.05, 0.1) is 23.9 Å². The Kier molecular flexibility index (Phi) is 20.7. The lowest BCUT2D eigenvalue weighted by molar-refractivity contribution is -0.688. The highest BCUT2D eigenvalue weighted by Gasteiger charge is 2.76. The third kappa shape index (κ3) is 13.8. The number of fused-ring (bicyclic) bond motifs is 7. The Balaban J connectivity index is 0.00000828. The molecular weight excluding hydrogens is 1100 g/mol. The van der Waals surface area contributed by atoms with Crippen LogP contribution in [0.15, 0.2) is 96.9 Å². The summed E-state index contributed by atoms with van der Waals surface area (Å²) in [5, 5.41) is 26.8. The number of allylic oxidation sites excluding steroid dienone is 4. The number of esters is 1. The molecule has 2 aliphatic heterocycles. The monoisotopic (exact) mass is 1190 g/mol. The number of nitrogens with one attached hydrogen (secondary N) is 1. The van der Waals surface area contributed by atoms with E-state index in [0.29, 0.717) is 43.4 Å². The third-order valence-electron chi connectivity index (χ3n) is 19.6. The predicted octanol–water partition coefficient (Wildman–Crippen LogP) is 5.39.